The number of amides is 2. The fraction of sp³-hybridized carbons (Fsp3) is 0.412. The van der Waals surface area contributed by atoms with Gasteiger partial charge in [-0.25, -0.2) is 14.2 Å². The van der Waals surface area contributed by atoms with Gasteiger partial charge in [0.15, 0.2) is 0 Å². The molecule has 122 valence electrons. The Labute approximate surface area is 139 Å². The van der Waals surface area contributed by atoms with Crippen LogP contribution in [0.25, 0.3) is 0 Å². The van der Waals surface area contributed by atoms with Crippen LogP contribution in [-0.2, 0) is 6.54 Å². The summed E-state index contributed by atoms with van der Waals surface area (Å²) in [7, 11) is 0. The van der Waals surface area contributed by atoms with Crippen molar-refractivity contribution in [2.75, 3.05) is 0 Å². The summed E-state index contributed by atoms with van der Waals surface area (Å²) in [5.74, 6) is -0.267. The van der Waals surface area contributed by atoms with Gasteiger partial charge in [-0.2, -0.15) is 0 Å². The molecule has 1 aliphatic rings. The van der Waals surface area contributed by atoms with Crippen LogP contribution in [0, 0.1) is 12.7 Å². The number of benzene rings is 1. The van der Waals surface area contributed by atoms with Crippen LogP contribution in [0.4, 0.5) is 9.18 Å². The minimum Gasteiger partial charge on any atom is -0.333 e. The van der Waals surface area contributed by atoms with Gasteiger partial charge in [-0.3, -0.25) is 0 Å². The van der Waals surface area contributed by atoms with E-state index in [2.05, 4.69) is 10.3 Å². The van der Waals surface area contributed by atoms with Gasteiger partial charge in [-0.1, -0.05) is 18.2 Å². The molecule has 3 rings (SSSR count). The van der Waals surface area contributed by atoms with E-state index in [1.807, 2.05) is 13.8 Å². The third kappa shape index (κ3) is 3.69. The number of thiazole rings is 1. The zero-order chi connectivity index (χ0) is 16.4. The van der Waals surface area contributed by atoms with E-state index in [9.17, 15) is 9.18 Å². The van der Waals surface area contributed by atoms with E-state index >= 15 is 0 Å². The molecule has 1 heterocycles. The Morgan fingerprint density at radius 3 is 2.83 bits per heavy atom. The molecule has 1 atom stereocenters. The molecule has 0 aliphatic heterocycles. The second kappa shape index (κ2) is 6.66. The molecule has 6 heteroatoms. The maximum atomic E-state index is 14.0. The van der Waals surface area contributed by atoms with E-state index in [1.165, 1.54) is 6.07 Å². The average molecular weight is 333 g/mol. The second-order valence-corrected chi connectivity index (χ2v) is 7.16. The highest BCUT2D eigenvalue weighted by molar-refractivity contribution is 7.11. The molecule has 1 fully saturated rings. The summed E-state index contributed by atoms with van der Waals surface area (Å²) in [6.45, 7) is 4.28. The van der Waals surface area contributed by atoms with Gasteiger partial charge in [0.1, 0.15) is 5.82 Å². The fourth-order valence-corrected chi connectivity index (χ4v) is 3.45. The first-order valence-corrected chi connectivity index (χ1v) is 8.60. The predicted molar refractivity (Wildman–Crippen MR) is 88.8 cm³/mol. The standard InChI is InChI=1S/C17H20FN3OS/c1-11(15-5-3-4-6-16(15)18)21(13-7-8-13)17(22)20-10-14-9-19-12(2)23-14/h3-6,9,11,13H,7-8,10H2,1-2H3,(H,20,22)/t11-/m1/s1. The molecule has 2 aromatic rings. The highest BCUT2D eigenvalue weighted by atomic mass is 32.1. The third-order valence-corrected chi connectivity index (χ3v) is 4.94. The number of hydrogen-bond donors (Lipinski definition) is 1. The molecule has 0 bridgehead atoms. The molecule has 0 spiro atoms. The van der Waals surface area contributed by atoms with Crippen molar-refractivity contribution in [3.63, 3.8) is 0 Å². The lowest BCUT2D eigenvalue weighted by atomic mass is 10.1. The topological polar surface area (TPSA) is 45.2 Å². The molecule has 0 saturated heterocycles. The smallest absolute Gasteiger partial charge is 0.318 e. The fourth-order valence-electron chi connectivity index (χ4n) is 2.72. The first kappa shape index (κ1) is 15.9. The lowest BCUT2D eigenvalue weighted by molar-refractivity contribution is 0.173. The summed E-state index contributed by atoms with van der Waals surface area (Å²) < 4.78 is 14.0. The average Bonchev–Trinajstić information content (AvgIpc) is 3.27. The molecule has 23 heavy (non-hydrogen) atoms. The molecule has 0 unspecified atom stereocenters. The molecule has 0 radical (unpaired) electrons. The number of urea groups is 1. The van der Waals surface area contributed by atoms with Gasteiger partial charge in [0.2, 0.25) is 0 Å². The summed E-state index contributed by atoms with van der Waals surface area (Å²) in [6.07, 6.45) is 3.74. The second-order valence-electron chi connectivity index (χ2n) is 5.84. The Bertz CT molecular complexity index is 699. The van der Waals surface area contributed by atoms with Crippen LogP contribution in [0.2, 0.25) is 0 Å². The molecular weight excluding hydrogens is 313 g/mol. The molecule has 1 saturated carbocycles. The van der Waals surface area contributed by atoms with Gasteiger partial charge in [0, 0.05) is 22.7 Å². The monoisotopic (exact) mass is 333 g/mol. The molecule has 4 nitrogen and oxygen atoms in total. The minimum atomic E-state index is -0.285. The van der Waals surface area contributed by atoms with Crippen LogP contribution in [0.3, 0.4) is 0 Å². The van der Waals surface area contributed by atoms with Gasteiger partial charge in [0.05, 0.1) is 17.6 Å². The summed E-state index contributed by atoms with van der Waals surface area (Å²) in [6, 6.07) is 6.43. The van der Waals surface area contributed by atoms with Gasteiger partial charge < -0.3 is 10.2 Å². The van der Waals surface area contributed by atoms with Crippen LogP contribution < -0.4 is 5.32 Å². The molecular formula is C17H20FN3OS. The Balaban J connectivity index is 1.71. The first-order chi connectivity index (χ1) is 11.1. The van der Waals surface area contributed by atoms with E-state index in [4.69, 9.17) is 0 Å². The SMILES string of the molecule is Cc1ncc(CNC(=O)N(C2CC2)[C@H](C)c2ccccc2F)s1. The number of aryl methyl sites for hydroxylation is 1. The number of nitrogens with zero attached hydrogens (tertiary/aromatic N) is 2. The van der Waals surface area contributed by atoms with E-state index in [-0.39, 0.29) is 23.9 Å². The van der Waals surface area contributed by atoms with Crippen molar-refractivity contribution in [1.29, 1.82) is 0 Å². The number of carbonyl (C=O) groups excluding carboxylic acids is 1. The van der Waals surface area contributed by atoms with Crippen LogP contribution in [0.5, 0.6) is 0 Å². The first-order valence-electron chi connectivity index (χ1n) is 7.78. The van der Waals surface area contributed by atoms with Gasteiger partial charge in [-0.15, -0.1) is 11.3 Å². The van der Waals surface area contributed by atoms with E-state index in [0.717, 1.165) is 22.7 Å². The zero-order valence-electron chi connectivity index (χ0n) is 13.3. The lowest BCUT2D eigenvalue weighted by Crippen LogP contribution is -2.42. The van der Waals surface area contributed by atoms with E-state index < -0.39 is 0 Å². The Kier molecular flexibility index (Phi) is 4.61. The van der Waals surface area contributed by atoms with E-state index in [0.29, 0.717) is 12.1 Å². The van der Waals surface area contributed by atoms with Gasteiger partial charge >= 0.3 is 6.03 Å². The van der Waals surface area contributed by atoms with Crippen molar-refractivity contribution in [3.8, 4) is 0 Å². The van der Waals surface area contributed by atoms with Gasteiger partial charge in [-0.05, 0) is 32.8 Å². The van der Waals surface area contributed by atoms with Crippen molar-refractivity contribution in [1.82, 2.24) is 15.2 Å². The molecule has 1 aromatic carbocycles. The molecule has 1 aromatic heterocycles. The van der Waals surface area contributed by atoms with Crippen LogP contribution in [0.15, 0.2) is 30.5 Å². The summed E-state index contributed by atoms with van der Waals surface area (Å²) in [5, 5.41) is 3.92. The van der Waals surface area contributed by atoms with Crippen LogP contribution >= 0.6 is 11.3 Å². The minimum absolute atomic E-state index is 0.144. The summed E-state index contributed by atoms with van der Waals surface area (Å²) in [4.78, 5) is 19.6. The van der Waals surface area contributed by atoms with Crippen LogP contribution in [0.1, 0.15) is 41.3 Å². The number of nitrogens with one attached hydrogen (secondary N) is 1. The maximum Gasteiger partial charge on any atom is 0.318 e. The number of aromatic nitrogens is 1. The highest BCUT2D eigenvalue weighted by Crippen LogP contribution is 2.35. The zero-order valence-corrected chi connectivity index (χ0v) is 14.1. The van der Waals surface area contributed by atoms with Crippen LogP contribution in [-0.4, -0.2) is 22.0 Å². The Morgan fingerprint density at radius 2 is 2.22 bits per heavy atom. The van der Waals surface area contributed by atoms with Crippen molar-refractivity contribution in [3.05, 3.63) is 51.7 Å². The summed E-state index contributed by atoms with van der Waals surface area (Å²) >= 11 is 1.57. The Hall–Kier alpha value is -1.95. The molecule has 2 amide bonds. The van der Waals surface area contributed by atoms with Crippen molar-refractivity contribution in [2.45, 2.75) is 45.3 Å². The number of halogens is 1. The van der Waals surface area contributed by atoms with Crippen molar-refractivity contribution in [2.24, 2.45) is 0 Å². The normalized spacial score (nSPS) is 15.3. The molecule has 1 aliphatic carbocycles. The number of rotatable bonds is 5. The van der Waals surface area contributed by atoms with Crippen molar-refractivity contribution < 1.29 is 9.18 Å². The van der Waals surface area contributed by atoms with E-state index in [1.54, 1.807) is 40.6 Å². The lowest BCUT2D eigenvalue weighted by Gasteiger charge is -2.30. The number of hydrogen-bond acceptors (Lipinski definition) is 3. The maximum absolute atomic E-state index is 14.0. The predicted octanol–water partition coefficient (Wildman–Crippen LogP) is 4.03. The summed E-state index contributed by atoms with van der Waals surface area (Å²) in [5.41, 5.74) is 0.559. The Morgan fingerprint density at radius 1 is 1.48 bits per heavy atom. The highest BCUT2D eigenvalue weighted by Gasteiger charge is 2.36. The third-order valence-electron chi connectivity index (χ3n) is 4.03. The number of carbonyl (C=O) groups is 1. The molecule has 1 N–H and O–H groups in total. The van der Waals surface area contributed by atoms with Gasteiger partial charge in [0.25, 0.3) is 0 Å². The van der Waals surface area contributed by atoms with Crippen molar-refractivity contribution >= 4 is 17.4 Å². The largest absolute Gasteiger partial charge is 0.333 e. The quantitative estimate of drug-likeness (QED) is 0.898.